The molecule has 76 valence electrons. The fourth-order valence-corrected chi connectivity index (χ4v) is 1.77. The highest BCUT2D eigenvalue weighted by atomic mass is 16.2. The molecule has 0 aliphatic carbocycles. The summed E-state index contributed by atoms with van der Waals surface area (Å²) < 4.78 is 0. The first-order chi connectivity index (χ1) is 6.15. The molecular formula is C10H20N2O. The number of nitrogens with two attached hydrogens (primary N) is 1. The molecule has 2 atom stereocenters. The van der Waals surface area contributed by atoms with E-state index in [0.717, 1.165) is 25.9 Å². The first kappa shape index (κ1) is 10.5. The quantitative estimate of drug-likeness (QED) is 0.706. The topological polar surface area (TPSA) is 46.3 Å². The second-order valence-electron chi connectivity index (χ2n) is 4.17. The lowest BCUT2D eigenvalue weighted by atomic mass is 9.98. The number of piperidine rings is 1. The first-order valence-electron chi connectivity index (χ1n) is 5.14. The number of likely N-dealkylation sites (tertiary alicyclic amines) is 1. The van der Waals surface area contributed by atoms with Gasteiger partial charge in [-0.15, -0.1) is 0 Å². The van der Waals surface area contributed by atoms with Crippen LogP contribution in [0.25, 0.3) is 0 Å². The van der Waals surface area contributed by atoms with Crippen LogP contribution < -0.4 is 5.73 Å². The molecule has 3 nitrogen and oxygen atoms in total. The largest absolute Gasteiger partial charge is 0.342 e. The fraction of sp³-hybridized carbons (Fsp3) is 0.900. The van der Waals surface area contributed by atoms with Crippen LogP contribution in [-0.2, 0) is 4.79 Å². The van der Waals surface area contributed by atoms with Gasteiger partial charge in [0.15, 0.2) is 0 Å². The van der Waals surface area contributed by atoms with Crippen molar-refractivity contribution in [1.82, 2.24) is 4.90 Å². The van der Waals surface area contributed by atoms with Gasteiger partial charge in [0, 0.05) is 19.0 Å². The van der Waals surface area contributed by atoms with Crippen LogP contribution in [0.15, 0.2) is 0 Å². The van der Waals surface area contributed by atoms with Crippen LogP contribution in [0.3, 0.4) is 0 Å². The average Bonchev–Trinajstić information content (AvgIpc) is 2.13. The summed E-state index contributed by atoms with van der Waals surface area (Å²) in [5, 5.41) is 0. The van der Waals surface area contributed by atoms with Crippen molar-refractivity contribution in [3.05, 3.63) is 0 Å². The molecule has 1 aliphatic rings. The Morgan fingerprint density at radius 1 is 1.69 bits per heavy atom. The zero-order chi connectivity index (χ0) is 9.84. The maximum absolute atomic E-state index is 11.7. The maximum atomic E-state index is 11.7. The molecule has 1 fully saturated rings. The van der Waals surface area contributed by atoms with Crippen LogP contribution >= 0.6 is 0 Å². The smallest absolute Gasteiger partial charge is 0.225 e. The first-order valence-corrected chi connectivity index (χ1v) is 5.14. The zero-order valence-corrected chi connectivity index (χ0v) is 8.62. The average molecular weight is 184 g/mol. The van der Waals surface area contributed by atoms with Crippen LogP contribution in [-0.4, -0.2) is 30.4 Å². The molecule has 0 aromatic carbocycles. The Hall–Kier alpha value is -0.570. The number of carbonyl (C=O) groups excluding carboxylic acids is 1. The van der Waals surface area contributed by atoms with Crippen molar-refractivity contribution in [1.29, 1.82) is 0 Å². The summed E-state index contributed by atoms with van der Waals surface area (Å²) in [5.41, 5.74) is 5.53. The van der Waals surface area contributed by atoms with E-state index in [4.69, 9.17) is 5.73 Å². The van der Waals surface area contributed by atoms with Crippen LogP contribution in [0.1, 0.15) is 26.7 Å². The molecule has 1 rings (SSSR count). The van der Waals surface area contributed by atoms with Gasteiger partial charge in [-0.05, 0) is 25.3 Å². The van der Waals surface area contributed by atoms with Crippen molar-refractivity contribution in [2.24, 2.45) is 17.6 Å². The minimum atomic E-state index is 0.221. The van der Waals surface area contributed by atoms with Crippen molar-refractivity contribution >= 4 is 5.91 Å². The van der Waals surface area contributed by atoms with E-state index >= 15 is 0 Å². The van der Waals surface area contributed by atoms with Gasteiger partial charge >= 0.3 is 0 Å². The van der Waals surface area contributed by atoms with E-state index in [9.17, 15) is 4.79 Å². The van der Waals surface area contributed by atoms with Gasteiger partial charge in [0.1, 0.15) is 0 Å². The van der Waals surface area contributed by atoms with Crippen LogP contribution in [0.4, 0.5) is 0 Å². The lowest BCUT2D eigenvalue weighted by Gasteiger charge is -2.32. The summed E-state index contributed by atoms with van der Waals surface area (Å²) in [4.78, 5) is 13.6. The Kier molecular flexibility index (Phi) is 3.72. The SMILES string of the molecule is CC(CN)CN1CCCC(C)C1=O. The number of rotatable bonds is 3. The lowest BCUT2D eigenvalue weighted by Crippen LogP contribution is -2.43. The van der Waals surface area contributed by atoms with Gasteiger partial charge in [-0.3, -0.25) is 4.79 Å². The van der Waals surface area contributed by atoms with Gasteiger partial charge in [-0.1, -0.05) is 13.8 Å². The van der Waals surface area contributed by atoms with E-state index in [-0.39, 0.29) is 5.92 Å². The number of nitrogens with zero attached hydrogens (tertiary/aromatic N) is 1. The summed E-state index contributed by atoms with van der Waals surface area (Å²) in [5.74, 6) is 0.958. The second-order valence-corrected chi connectivity index (χ2v) is 4.17. The lowest BCUT2D eigenvalue weighted by molar-refractivity contribution is -0.138. The van der Waals surface area contributed by atoms with E-state index < -0.39 is 0 Å². The third-order valence-electron chi connectivity index (χ3n) is 2.73. The minimum Gasteiger partial charge on any atom is -0.342 e. The van der Waals surface area contributed by atoms with Crippen molar-refractivity contribution in [3.8, 4) is 0 Å². The molecule has 0 aromatic rings. The van der Waals surface area contributed by atoms with Crippen LogP contribution in [0.5, 0.6) is 0 Å². The molecule has 0 saturated carbocycles. The third kappa shape index (κ3) is 2.69. The highest BCUT2D eigenvalue weighted by Gasteiger charge is 2.25. The van der Waals surface area contributed by atoms with Gasteiger partial charge in [-0.25, -0.2) is 0 Å². The van der Waals surface area contributed by atoms with Crippen LogP contribution in [0, 0.1) is 11.8 Å². The summed E-state index contributed by atoms with van der Waals surface area (Å²) >= 11 is 0. The Balaban J connectivity index is 2.44. The third-order valence-corrected chi connectivity index (χ3v) is 2.73. The standard InChI is InChI=1S/C10H20N2O/c1-8(6-11)7-12-5-3-4-9(2)10(12)13/h8-9H,3-7,11H2,1-2H3. The Morgan fingerprint density at radius 3 is 3.00 bits per heavy atom. The van der Waals surface area contributed by atoms with Gasteiger partial charge in [-0.2, -0.15) is 0 Å². The van der Waals surface area contributed by atoms with Gasteiger partial charge in [0.25, 0.3) is 0 Å². The second kappa shape index (κ2) is 4.61. The van der Waals surface area contributed by atoms with E-state index in [2.05, 4.69) is 6.92 Å². The van der Waals surface area contributed by atoms with Crippen molar-refractivity contribution in [2.45, 2.75) is 26.7 Å². The Bertz CT molecular complexity index is 182. The van der Waals surface area contributed by atoms with Gasteiger partial charge in [0.2, 0.25) is 5.91 Å². The number of hydrogen-bond donors (Lipinski definition) is 1. The zero-order valence-electron chi connectivity index (χ0n) is 8.62. The van der Waals surface area contributed by atoms with E-state index in [1.165, 1.54) is 0 Å². The number of hydrogen-bond acceptors (Lipinski definition) is 2. The molecule has 1 amide bonds. The summed E-state index contributed by atoms with van der Waals surface area (Å²) in [7, 11) is 0. The summed E-state index contributed by atoms with van der Waals surface area (Å²) in [6, 6.07) is 0. The minimum absolute atomic E-state index is 0.221. The van der Waals surface area contributed by atoms with Gasteiger partial charge < -0.3 is 10.6 Å². The normalized spacial score (nSPS) is 26.2. The highest BCUT2D eigenvalue weighted by molar-refractivity contribution is 5.79. The number of amides is 1. The molecule has 1 heterocycles. The van der Waals surface area contributed by atoms with Crippen molar-refractivity contribution < 1.29 is 4.79 Å². The number of carbonyl (C=O) groups is 1. The fourth-order valence-electron chi connectivity index (χ4n) is 1.77. The molecular weight excluding hydrogens is 164 g/mol. The maximum Gasteiger partial charge on any atom is 0.225 e. The summed E-state index contributed by atoms with van der Waals surface area (Å²) in [6.07, 6.45) is 2.19. The molecule has 3 heteroatoms. The Morgan fingerprint density at radius 2 is 2.38 bits per heavy atom. The predicted octanol–water partition coefficient (Wildman–Crippen LogP) is 0.840. The molecule has 0 bridgehead atoms. The predicted molar refractivity (Wildman–Crippen MR) is 53.2 cm³/mol. The molecule has 2 unspecified atom stereocenters. The molecule has 1 aliphatic heterocycles. The molecule has 2 N–H and O–H groups in total. The van der Waals surface area contributed by atoms with Gasteiger partial charge in [0.05, 0.1) is 0 Å². The molecule has 1 saturated heterocycles. The van der Waals surface area contributed by atoms with Crippen molar-refractivity contribution in [2.75, 3.05) is 19.6 Å². The molecule has 0 aromatic heterocycles. The van der Waals surface area contributed by atoms with E-state index in [1.807, 2.05) is 11.8 Å². The molecule has 13 heavy (non-hydrogen) atoms. The van der Waals surface area contributed by atoms with E-state index in [1.54, 1.807) is 0 Å². The summed E-state index contributed by atoms with van der Waals surface area (Å²) in [6.45, 7) is 6.53. The van der Waals surface area contributed by atoms with E-state index in [0.29, 0.717) is 18.4 Å². The highest BCUT2D eigenvalue weighted by Crippen LogP contribution is 2.17. The monoisotopic (exact) mass is 184 g/mol. The molecule has 0 radical (unpaired) electrons. The van der Waals surface area contributed by atoms with Crippen LogP contribution in [0.2, 0.25) is 0 Å². The Labute approximate surface area is 80.3 Å². The molecule has 0 spiro atoms. The van der Waals surface area contributed by atoms with Crippen molar-refractivity contribution in [3.63, 3.8) is 0 Å².